The molecule has 0 spiro atoms. The van der Waals surface area contributed by atoms with Crippen molar-refractivity contribution in [2.45, 2.75) is 53.0 Å². The van der Waals surface area contributed by atoms with Crippen LogP contribution in [0, 0.1) is 18.3 Å². The molecule has 0 aliphatic heterocycles. The summed E-state index contributed by atoms with van der Waals surface area (Å²) in [6.45, 7) is 10.0. The van der Waals surface area contributed by atoms with Gasteiger partial charge in [0.2, 0.25) is 0 Å². The van der Waals surface area contributed by atoms with Gasteiger partial charge in [0, 0.05) is 19.2 Å². The van der Waals surface area contributed by atoms with Crippen molar-refractivity contribution in [2.24, 2.45) is 4.99 Å². The third kappa shape index (κ3) is 6.13. The zero-order valence-electron chi connectivity index (χ0n) is 19.7. The Morgan fingerprint density at radius 2 is 2.03 bits per heavy atom. The quantitative estimate of drug-likeness (QED) is 0.260. The number of nitrogens with two attached hydrogens (primary N) is 1. The van der Waals surface area contributed by atoms with Gasteiger partial charge >= 0.3 is 0 Å². The van der Waals surface area contributed by atoms with E-state index in [1.165, 1.54) is 0 Å². The van der Waals surface area contributed by atoms with Crippen molar-refractivity contribution < 1.29 is 4.52 Å². The summed E-state index contributed by atoms with van der Waals surface area (Å²) < 4.78 is 6.99. The second kappa shape index (κ2) is 11.2. The van der Waals surface area contributed by atoms with E-state index in [-0.39, 0.29) is 0 Å². The number of nitrogens with one attached hydrogen (secondary N) is 2. The first-order chi connectivity index (χ1) is 15.9. The van der Waals surface area contributed by atoms with Gasteiger partial charge < -0.3 is 20.9 Å². The molecule has 9 heteroatoms. The lowest BCUT2D eigenvalue weighted by Crippen LogP contribution is -2.37. The Labute approximate surface area is 194 Å². The van der Waals surface area contributed by atoms with E-state index < -0.39 is 0 Å². The van der Waals surface area contributed by atoms with Crippen LogP contribution in [0.15, 0.2) is 39.8 Å². The van der Waals surface area contributed by atoms with Gasteiger partial charge in [0.25, 0.3) is 0 Å². The van der Waals surface area contributed by atoms with Crippen LogP contribution >= 0.6 is 0 Å². The number of nitrogens with zero attached hydrogens (tertiary/aromatic N) is 5. The summed E-state index contributed by atoms with van der Waals surface area (Å²) in [6, 6.07) is 12.0. The van der Waals surface area contributed by atoms with E-state index in [0.717, 1.165) is 35.7 Å². The Morgan fingerprint density at radius 3 is 2.67 bits per heavy atom. The summed E-state index contributed by atoms with van der Waals surface area (Å²) in [4.78, 5) is 4.57. The normalized spacial score (nSPS) is 11.6. The van der Waals surface area contributed by atoms with Crippen LogP contribution in [0.4, 0.5) is 5.82 Å². The van der Waals surface area contributed by atoms with Crippen molar-refractivity contribution in [1.82, 2.24) is 25.6 Å². The fraction of sp³-hybridized carbons (Fsp3) is 0.417. The molecular weight excluding hydrogens is 416 g/mol. The molecule has 1 aromatic carbocycles. The first-order valence-electron chi connectivity index (χ1n) is 11.2. The maximum atomic E-state index is 9.59. The molecule has 0 aliphatic rings. The van der Waals surface area contributed by atoms with Gasteiger partial charge in [-0.3, -0.25) is 0 Å². The molecule has 0 bridgehead atoms. The Hall–Kier alpha value is -3.80. The Bertz CT molecular complexity index is 1120. The van der Waals surface area contributed by atoms with Gasteiger partial charge in [0.05, 0.1) is 17.1 Å². The third-order valence-corrected chi connectivity index (χ3v) is 5.17. The monoisotopic (exact) mass is 448 g/mol. The van der Waals surface area contributed by atoms with Crippen LogP contribution in [-0.4, -0.2) is 34.0 Å². The number of benzene rings is 1. The molecule has 3 rings (SSSR count). The first kappa shape index (κ1) is 23.9. The SMILES string of the molecule is CCNC(=NCc1cc(C(C)C)no1)NCCCc1nn(-c2ccc(C)cc2)c(N)c1C#N. The van der Waals surface area contributed by atoms with Crippen molar-refractivity contribution in [3.63, 3.8) is 0 Å². The minimum atomic E-state index is 0.319. The standard InChI is InChI=1S/C24H32N8O/c1-5-27-24(29-15-19-13-22(16(2)3)31-33-19)28-12-6-7-21-20(14-25)23(26)32(30-21)18-10-8-17(4)9-11-18/h8-11,13,16H,5-7,12,15,26H2,1-4H3,(H2,27,28,29). The number of aromatic nitrogens is 3. The van der Waals surface area contributed by atoms with E-state index in [2.05, 4.69) is 45.8 Å². The molecule has 9 nitrogen and oxygen atoms in total. The number of nitriles is 1. The summed E-state index contributed by atoms with van der Waals surface area (Å²) in [5.74, 6) is 2.11. The molecular formula is C24H32N8O. The highest BCUT2D eigenvalue weighted by atomic mass is 16.5. The van der Waals surface area contributed by atoms with Crippen molar-refractivity contribution in [3.8, 4) is 11.8 Å². The van der Waals surface area contributed by atoms with Gasteiger partial charge in [-0.2, -0.15) is 10.4 Å². The number of hydrogen-bond donors (Lipinski definition) is 3. The molecule has 0 fully saturated rings. The molecule has 4 N–H and O–H groups in total. The Morgan fingerprint density at radius 1 is 1.27 bits per heavy atom. The predicted octanol–water partition coefficient (Wildman–Crippen LogP) is 3.43. The fourth-order valence-electron chi connectivity index (χ4n) is 3.29. The largest absolute Gasteiger partial charge is 0.382 e. The Kier molecular flexibility index (Phi) is 8.08. The van der Waals surface area contributed by atoms with Crippen molar-refractivity contribution in [1.29, 1.82) is 5.26 Å². The Balaban J connectivity index is 1.59. The van der Waals surface area contributed by atoms with Gasteiger partial charge in [-0.15, -0.1) is 0 Å². The van der Waals surface area contributed by atoms with E-state index in [0.29, 0.717) is 48.5 Å². The van der Waals surface area contributed by atoms with Crippen LogP contribution in [0.1, 0.15) is 61.4 Å². The zero-order chi connectivity index (χ0) is 23.8. The molecule has 0 atom stereocenters. The number of hydrogen-bond acceptors (Lipinski definition) is 6. The fourth-order valence-corrected chi connectivity index (χ4v) is 3.29. The van der Waals surface area contributed by atoms with Crippen molar-refractivity contribution in [3.05, 3.63) is 58.6 Å². The number of nitrogen functional groups attached to an aromatic ring is 1. The second-order valence-electron chi connectivity index (χ2n) is 8.16. The average Bonchev–Trinajstić information content (AvgIpc) is 3.40. The van der Waals surface area contributed by atoms with E-state index in [1.807, 2.05) is 44.2 Å². The van der Waals surface area contributed by atoms with Crippen LogP contribution < -0.4 is 16.4 Å². The number of aryl methyl sites for hydroxylation is 2. The molecule has 3 aromatic rings. The number of guanidine groups is 1. The molecule has 33 heavy (non-hydrogen) atoms. The average molecular weight is 449 g/mol. The van der Waals surface area contributed by atoms with Crippen molar-refractivity contribution in [2.75, 3.05) is 18.8 Å². The molecule has 0 radical (unpaired) electrons. The van der Waals surface area contributed by atoms with Gasteiger partial charge in [-0.25, -0.2) is 9.67 Å². The minimum Gasteiger partial charge on any atom is -0.382 e. The summed E-state index contributed by atoms with van der Waals surface area (Å²) in [7, 11) is 0. The molecule has 174 valence electrons. The highest BCUT2D eigenvalue weighted by Gasteiger charge is 2.16. The van der Waals surface area contributed by atoms with Gasteiger partial charge in [0.1, 0.15) is 24.0 Å². The van der Waals surface area contributed by atoms with E-state index >= 15 is 0 Å². The van der Waals surface area contributed by atoms with E-state index in [1.54, 1.807) is 4.68 Å². The summed E-state index contributed by atoms with van der Waals surface area (Å²) >= 11 is 0. The van der Waals surface area contributed by atoms with Crippen molar-refractivity contribution >= 4 is 11.8 Å². The van der Waals surface area contributed by atoms with Crippen LogP contribution in [0.5, 0.6) is 0 Å². The lowest BCUT2D eigenvalue weighted by molar-refractivity contribution is 0.376. The lowest BCUT2D eigenvalue weighted by atomic mass is 10.1. The zero-order valence-corrected chi connectivity index (χ0v) is 19.7. The molecule has 2 heterocycles. The summed E-state index contributed by atoms with van der Waals surface area (Å²) in [5, 5.41) is 24.8. The van der Waals surface area contributed by atoms with Crippen LogP contribution in [-0.2, 0) is 13.0 Å². The lowest BCUT2D eigenvalue weighted by Gasteiger charge is -2.10. The molecule has 0 saturated heterocycles. The molecule has 0 amide bonds. The van der Waals surface area contributed by atoms with Gasteiger partial charge in [0.15, 0.2) is 11.7 Å². The minimum absolute atomic E-state index is 0.319. The maximum absolute atomic E-state index is 9.59. The smallest absolute Gasteiger partial charge is 0.191 e. The number of aliphatic imine (C=N–C) groups is 1. The van der Waals surface area contributed by atoms with Crippen LogP contribution in [0.2, 0.25) is 0 Å². The van der Waals surface area contributed by atoms with Gasteiger partial charge in [-0.05, 0) is 44.7 Å². The second-order valence-corrected chi connectivity index (χ2v) is 8.16. The molecule has 2 aromatic heterocycles. The van der Waals surface area contributed by atoms with Crippen LogP contribution in [0.25, 0.3) is 5.69 Å². The third-order valence-electron chi connectivity index (χ3n) is 5.17. The molecule has 0 saturated carbocycles. The maximum Gasteiger partial charge on any atom is 0.191 e. The highest BCUT2D eigenvalue weighted by Crippen LogP contribution is 2.21. The first-order valence-corrected chi connectivity index (χ1v) is 11.2. The van der Waals surface area contributed by atoms with E-state index in [9.17, 15) is 5.26 Å². The topological polar surface area (TPSA) is 130 Å². The van der Waals surface area contributed by atoms with Crippen LogP contribution in [0.3, 0.4) is 0 Å². The molecule has 0 aliphatic carbocycles. The number of rotatable bonds is 9. The summed E-state index contributed by atoms with van der Waals surface area (Å²) in [5.41, 5.74) is 10.3. The van der Waals surface area contributed by atoms with E-state index in [4.69, 9.17) is 10.3 Å². The summed E-state index contributed by atoms with van der Waals surface area (Å²) in [6.07, 6.45) is 1.39. The highest BCUT2D eigenvalue weighted by molar-refractivity contribution is 5.79. The molecule has 0 unspecified atom stereocenters. The van der Waals surface area contributed by atoms with Gasteiger partial charge in [-0.1, -0.05) is 36.7 Å². The number of anilines is 1. The predicted molar refractivity (Wildman–Crippen MR) is 129 cm³/mol.